The maximum Gasteiger partial charge on any atom is 0.317 e. The molecule has 0 radical (unpaired) electrons. The van der Waals surface area contributed by atoms with Crippen LogP contribution in [0, 0.1) is 5.41 Å². The van der Waals surface area contributed by atoms with E-state index in [9.17, 15) is 13.2 Å². The number of benzene rings is 1. The van der Waals surface area contributed by atoms with Crippen LogP contribution >= 0.6 is 0 Å². The van der Waals surface area contributed by atoms with Crippen molar-refractivity contribution in [1.29, 1.82) is 0 Å². The molecule has 1 saturated heterocycles. The van der Waals surface area contributed by atoms with E-state index in [-0.39, 0.29) is 23.3 Å². The summed E-state index contributed by atoms with van der Waals surface area (Å²) in [4.78, 5) is 14.1. The maximum absolute atomic E-state index is 12.3. The molecule has 0 bridgehead atoms. The van der Waals surface area contributed by atoms with Gasteiger partial charge in [0, 0.05) is 44.1 Å². The highest BCUT2D eigenvalue weighted by molar-refractivity contribution is 7.90. The second-order valence-corrected chi connectivity index (χ2v) is 9.49. The summed E-state index contributed by atoms with van der Waals surface area (Å²) in [5, 5.41) is 2.92. The number of ether oxygens (including phenoxy) is 1. The molecule has 1 aromatic carbocycles. The molecule has 0 aromatic heterocycles. The quantitative estimate of drug-likeness (QED) is 0.836. The van der Waals surface area contributed by atoms with E-state index in [1.807, 2.05) is 30.3 Å². The Morgan fingerprint density at radius 2 is 1.88 bits per heavy atom. The average Bonchev–Trinajstić information content (AvgIpc) is 3.32. The van der Waals surface area contributed by atoms with Crippen molar-refractivity contribution < 1.29 is 17.9 Å². The van der Waals surface area contributed by atoms with E-state index in [4.69, 9.17) is 4.74 Å². The zero-order valence-electron chi connectivity index (χ0n) is 14.6. The number of para-hydroxylation sites is 1. The van der Waals surface area contributed by atoms with Crippen molar-refractivity contribution in [2.45, 2.75) is 31.8 Å². The summed E-state index contributed by atoms with van der Waals surface area (Å²) in [5.41, 5.74) is -0.238. The number of rotatable bonds is 6. The van der Waals surface area contributed by atoms with Crippen LogP contribution in [0.4, 0.5) is 4.79 Å². The number of amides is 2. The van der Waals surface area contributed by atoms with Crippen LogP contribution in [-0.2, 0) is 9.84 Å². The lowest BCUT2D eigenvalue weighted by Gasteiger charge is -2.32. The zero-order chi connectivity index (χ0) is 17.9. The van der Waals surface area contributed by atoms with Crippen molar-refractivity contribution in [3.05, 3.63) is 30.3 Å². The summed E-state index contributed by atoms with van der Waals surface area (Å²) in [6, 6.07) is 9.63. The summed E-state index contributed by atoms with van der Waals surface area (Å²) in [6.07, 6.45) is 4.73. The summed E-state index contributed by atoms with van der Waals surface area (Å²) < 4.78 is 28.9. The van der Waals surface area contributed by atoms with E-state index in [1.54, 1.807) is 4.90 Å². The monoisotopic (exact) mass is 366 g/mol. The van der Waals surface area contributed by atoms with Crippen LogP contribution in [-0.4, -0.2) is 57.1 Å². The first-order chi connectivity index (χ1) is 11.9. The number of nitrogens with one attached hydrogen (secondary N) is 1. The minimum atomic E-state index is -3.01. The van der Waals surface area contributed by atoms with Gasteiger partial charge in [-0.25, -0.2) is 13.2 Å². The van der Waals surface area contributed by atoms with Gasteiger partial charge < -0.3 is 15.0 Å². The van der Waals surface area contributed by atoms with Crippen molar-refractivity contribution in [3.8, 4) is 5.75 Å². The first-order valence-corrected chi connectivity index (χ1v) is 10.8. The number of carbonyl (C=O) groups is 1. The number of likely N-dealkylation sites (tertiary alicyclic amines) is 1. The van der Waals surface area contributed by atoms with E-state index in [0.29, 0.717) is 19.6 Å². The largest absolute Gasteiger partial charge is 0.490 e. The molecule has 2 aliphatic rings. The molecule has 0 atom stereocenters. The van der Waals surface area contributed by atoms with Gasteiger partial charge in [0.2, 0.25) is 0 Å². The van der Waals surface area contributed by atoms with Gasteiger partial charge in [-0.1, -0.05) is 18.2 Å². The molecule has 2 fully saturated rings. The van der Waals surface area contributed by atoms with Crippen molar-refractivity contribution in [1.82, 2.24) is 10.2 Å². The Hall–Kier alpha value is -1.76. The SMILES string of the molecule is CS(=O)(=O)CC1(CNC(=O)N2CCC(Oc3ccccc3)CC2)CC1. The Balaban J connectivity index is 1.41. The molecular weight excluding hydrogens is 340 g/mol. The van der Waals surface area contributed by atoms with Crippen LogP contribution in [0.5, 0.6) is 5.75 Å². The van der Waals surface area contributed by atoms with E-state index < -0.39 is 9.84 Å². The summed E-state index contributed by atoms with van der Waals surface area (Å²) in [6.45, 7) is 1.75. The number of urea groups is 1. The number of nitrogens with zero attached hydrogens (tertiary/aromatic N) is 1. The highest BCUT2D eigenvalue weighted by Crippen LogP contribution is 2.46. The van der Waals surface area contributed by atoms with Crippen LogP contribution < -0.4 is 10.1 Å². The van der Waals surface area contributed by atoms with E-state index in [2.05, 4.69) is 5.32 Å². The van der Waals surface area contributed by atoms with Crippen LogP contribution in [0.2, 0.25) is 0 Å². The molecule has 1 saturated carbocycles. The van der Waals surface area contributed by atoms with E-state index >= 15 is 0 Å². The van der Waals surface area contributed by atoms with Crippen molar-refractivity contribution in [3.63, 3.8) is 0 Å². The van der Waals surface area contributed by atoms with Crippen LogP contribution in [0.3, 0.4) is 0 Å². The predicted molar refractivity (Wildman–Crippen MR) is 96.4 cm³/mol. The molecule has 6 nitrogen and oxygen atoms in total. The molecule has 0 spiro atoms. The lowest BCUT2D eigenvalue weighted by Crippen LogP contribution is -2.48. The zero-order valence-corrected chi connectivity index (χ0v) is 15.4. The fourth-order valence-corrected chi connectivity index (χ4v) is 4.85. The topological polar surface area (TPSA) is 75.7 Å². The number of carbonyl (C=O) groups excluding carboxylic acids is 1. The normalized spacial score (nSPS) is 20.1. The van der Waals surface area contributed by atoms with Gasteiger partial charge in [0.15, 0.2) is 0 Å². The molecule has 2 amide bonds. The Morgan fingerprint density at radius 3 is 2.44 bits per heavy atom. The Morgan fingerprint density at radius 1 is 1.24 bits per heavy atom. The lowest BCUT2D eigenvalue weighted by molar-refractivity contribution is 0.110. The van der Waals surface area contributed by atoms with E-state index in [0.717, 1.165) is 31.4 Å². The molecule has 1 aliphatic heterocycles. The number of hydrogen-bond acceptors (Lipinski definition) is 4. The molecule has 1 aromatic rings. The van der Waals surface area contributed by atoms with Gasteiger partial charge in [0.05, 0.1) is 5.75 Å². The number of sulfone groups is 1. The number of piperidine rings is 1. The van der Waals surface area contributed by atoms with Crippen LogP contribution in [0.25, 0.3) is 0 Å². The minimum Gasteiger partial charge on any atom is -0.490 e. The van der Waals surface area contributed by atoms with Crippen LogP contribution in [0.1, 0.15) is 25.7 Å². The number of hydrogen-bond donors (Lipinski definition) is 1. The summed E-state index contributed by atoms with van der Waals surface area (Å²) >= 11 is 0. The maximum atomic E-state index is 12.3. The first-order valence-electron chi connectivity index (χ1n) is 8.78. The predicted octanol–water partition coefficient (Wildman–Crippen LogP) is 2.06. The van der Waals surface area contributed by atoms with Gasteiger partial charge >= 0.3 is 6.03 Å². The molecule has 0 unspecified atom stereocenters. The molecule has 7 heteroatoms. The third-order valence-electron chi connectivity index (χ3n) is 4.92. The molecular formula is C18H26N2O4S. The van der Waals surface area contributed by atoms with Gasteiger partial charge in [-0.15, -0.1) is 0 Å². The van der Waals surface area contributed by atoms with Crippen molar-refractivity contribution >= 4 is 15.9 Å². The molecule has 1 N–H and O–H groups in total. The van der Waals surface area contributed by atoms with Gasteiger partial charge in [-0.05, 0) is 25.0 Å². The fourth-order valence-electron chi connectivity index (χ4n) is 3.35. The first kappa shape index (κ1) is 18.0. The van der Waals surface area contributed by atoms with Gasteiger partial charge in [-0.2, -0.15) is 0 Å². The summed E-state index contributed by atoms with van der Waals surface area (Å²) in [7, 11) is -3.01. The highest BCUT2D eigenvalue weighted by Gasteiger charge is 2.45. The Bertz CT molecular complexity index is 693. The van der Waals surface area contributed by atoms with Gasteiger partial charge in [-0.3, -0.25) is 0 Å². The Labute approximate surface area is 149 Å². The average molecular weight is 366 g/mol. The molecule has 1 aliphatic carbocycles. The third-order valence-corrected chi connectivity index (χ3v) is 6.05. The Kier molecular flexibility index (Phi) is 5.22. The molecule has 3 rings (SSSR count). The molecule has 25 heavy (non-hydrogen) atoms. The second kappa shape index (κ2) is 7.23. The molecule has 1 heterocycles. The van der Waals surface area contributed by atoms with Crippen molar-refractivity contribution in [2.24, 2.45) is 5.41 Å². The standard InChI is InChI=1S/C18H26N2O4S/c1-25(22,23)14-18(9-10-18)13-19-17(21)20-11-7-16(8-12-20)24-15-5-3-2-4-6-15/h2-6,16H,7-14H2,1H3,(H,19,21). The smallest absolute Gasteiger partial charge is 0.317 e. The van der Waals surface area contributed by atoms with Gasteiger partial charge in [0.1, 0.15) is 21.7 Å². The van der Waals surface area contributed by atoms with E-state index in [1.165, 1.54) is 6.26 Å². The fraction of sp³-hybridized carbons (Fsp3) is 0.611. The second-order valence-electron chi connectivity index (χ2n) is 7.35. The highest BCUT2D eigenvalue weighted by atomic mass is 32.2. The third kappa shape index (κ3) is 5.36. The molecule has 138 valence electrons. The van der Waals surface area contributed by atoms with Crippen LogP contribution in [0.15, 0.2) is 30.3 Å². The summed E-state index contributed by atoms with van der Waals surface area (Å²) in [5.74, 6) is 1.02. The van der Waals surface area contributed by atoms with Crippen molar-refractivity contribution in [2.75, 3.05) is 31.6 Å². The lowest BCUT2D eigenvalue weighted by atomic mass is 10.1. The van der Waals surface area contributed by atoms with Gasteiger partial charge in [0.25, 0.3) is 0 Å². The minimum absolute atomic E-state index is 0.0991.